The second kappa shape index (κ2) is 9.87. The van der Waals surface area contributed by atoms with Gasteiger partial charge in [0.15, 0.2) is 0 Å². The number of carboxylic acid groups (broad SMARTS) is 1. The van der Waals surface area contributed by atoms with Crippen molar-refractivity contribution in [2.24, 2.45) is 0 Å². The lowest BCUT2D eigenvalue weighted by Gasteiger charge is -2.01. The molecule has 0 rings (SSSR count). The van der Waals surface area contributed by atoms with Crippen molar-refractivity contribution in [1.82, 2.24) is 0 Å². The molecule has 0 aliphatic rings. The third kappa shape index (κ3) is 13.3. The predicted octanol–water partition coefficient (Wildman–Crippen LogP) is 3.85. The first-order valence-corrected chi connectivity index (χ1v) is 5.63. The van der Waals surface area contributed by atoms with Crippen LogP contribution in [0.25, 0.3) is 0 Å². The summed E-state index contributed by atoms with van der Waals surface area (Å²) in [6.07, 6.45) is 4.25. The third-order valence-electron chi connectivity index (χ3n) is 2.31. The van der Waals surface area contributed by atoms with E-state index >= 15 is 0 Å². The molecule has 0 saturated carbocycles. The number of aliphatic carboxylic acids is 1. The van der Waals surface area contributed by atoms with Crippen LogP contribution in [-0.4, -0.2) is 17.5 Å². The van der Waals surface area contributed by atoms with E-state index in [1.165, 1.54) is 0 Å². The molecule has 4 heteroatoms. The maximum absolute atomic E-state index is 11.7. The number of carbonyl (C=O) groups is 1. The fraction of sp³-hybridized carbons (Fsp3) is 0.909. The summed E-state index contributed by atoms with van der Waals surface area (Å²) in [4.78, 5) is 10.2. The molecule has 0 fully saturated rings. The topological polar surface area (TPSA) is 37.3 Å². The highest BCUT2D eigenvalue weighted by molar-refractivity contribution is 5.66. The largest absolute Gasteiger partial charge is 0.481 e. The number of hydrogen-bond donors (Lipinski definition) is 1. The van der Waals surface area contributed by atoms with Gasteiger partial charge in [0, 0.05) is 12.8 Å². The Morgan fingerprint density at radius 2 is 1.40 bits per heavy atom. The van der Waals surface area contributed by atoms with Crippen LogP contribution in [0, 0.1) is 0 Å². The molecule has 0 radical (unpaired) electrons. The minimum atomic E-state index is -2.17. The minimum absolute atomic E-state index is 0.0129. The van der Waals surface area contributed by atoms with Crippen molar-refractivity contribution >= 4 is 5.97 Å². The molecule has 1 N–H and O–H groups in total. The Balaban J connectivity index is 2.96. The van der Waals surface area contributed by atoms with Crippen molar-refractivity contribution in [3.63, 3.8) is 0 Å². The van der Waals surface area contributed by atoms with Gasteiger partial charge in [-0.3, -0.25) is 4.79 Å². The lowest BCUT2D eigenvalue weighted by molar-refractivity contribution is -0.137. The van der Waals surface area contributed by atoms with Gasteiger partial charge >= 0.3 is 5.97 Å². The first-order chi connectivity index (χ1) is 7.13. The molecular formula is C11H20F2O2. The molecule has 0 aromatic carbocycles. The van der Waals surface area contributed by atoms with E-state index in [1.807, 2.05) is 0 Å². The van der Waals surface area contributed by atoms with E-state index in [0.29, 0.717) is 6.42 Å². The highest BCUT2D eigenvalue weighted by Crippen LogP contribution is 2.12. The van der Waals surface area contributed by atoms with Crippen LogP contribution in [0.5, 0.6) is 0 Å². The van der Waals surface area contributed by atoms with E-state index in [9.17, 15) is 13.6 Å². The molecule has 0 aliphatic heterocycles. The molecule has 0 heterocycles. The molecule has 0 aromatic heterocycles. The van der Waals surface area contributed by atoms with Crippen LogP contribution in [0.2, 0.25) is 0 Å². The Hall–Kier alpha value is -0.670. The van der Waals surface area contributed by atoms with Gasteiger partial charge < -0.3 is 5.11 Å². The zero-order chi connectivity index (χ0) is 11.5. The molecule has 90 valence electrons. The highest BCUT2D eigenvalue weighted by Gasteiger charge is 2.01. The molecular weight excluding hydrogens is 202 g/mol. The zero-order valence-corrected chi connectivity index (χ0v) is 9.05. The summed E-state index contributed by atoms with van der Waals surface area (Å²) >= 11 is 0. The number of unbranched alkanes of at least 4 members (excludes halogenated alkanes) is 6. The molecule has 0 aliphatic carbocycles. The Morgan fingerprint density at radius 1 is 0.933 bits per heavy atom. The molecule has 0 unspecified atom stereocenters. The molecule has 0 atom stereocenters. The SMILES string of the molecule is O=C(O)CCCCCCCCCC(F)F. The molecule has 0 amide bonds. The number of rotatable bonds is 10. The third-order valence-corrected chi connectivity index (χ3v) is 2.31. The summed E-state index contributed by atoms with van der Waals surface area (Å²) in [5, 5.41) is 8.37. The number of halogens is 2. The molecule has 0 aromatic rings. The summed E-state index contributed by atoms with van der Waals surface area (Å²) in [6.45, 7) is 0. The summed E-state index contributed by atoms with van der Waals surface area (Å²) in [7, 11) is 0. The Morgan fingerprint density at radius 3 is 1.87 bits per heavy atom. The van der Waals surface area contributed by atoms with E-state index in [1.54, 1.807) is 0 Å². The molecule has 0 bridgehead atoms. The Labute approximate surface area is 89.7 Å². The van der Waals surface area contributed by atoms with Crippen LogP contribution in [0.1, 0.15) is 57.8 Å². The van der Waals surface area contributed by atoms with E-state index in [4.69, 9.17) is 5.11 Å². The molecule has 2 nitrogen and oxygen atoms in total. The van der Waals surface area contributed by atoms with E-state index in [0.717, 1.165) is 38.5 Å². The van der Waals surface area contributed by atoms with Crippen molar-refractivity contribution in [3.8, 4) is 0 Å². The summed E-state index contributed by atoms with van der Waals surface area (Å²) in [5.74, 6) is -0.744. The summed E-state index contributed by atoms with van der Waals surface area (Å²) < 4.78 is 23.5. The summed E-state index contributed by atoms with van der Waals surface area (Å²) in [5.41, 5.74) is 0. The summed E-state index contributed by atoms with van der Waals surface area (Å²) in [6, 6.07) is 0. The number of alkyl halides is 2. The van der Waals surface area contributed by atoms with Crippen LogP contribution in [-0.2, 0) is 4.79 Å². The first-order valence-electron chi connectivity index (χ1n) is 5.63. The first kappa shape index (κ1) is 14.3. The van der Waals surface area contributed by atoms with Gasteiger partial charge in [0.25, 0.3) is 0 Å². The number of carboxylic acids is 1. The highest BCUT2D eigenvalue weighted by atomic mass is 19.3. The van der Waals surface area contributed by atoms with Gasteiger partial charge in [-0.05, 0) is 12.8 Å². The van der Waals surface area contributed by atoms with Crippen LogP contribution < -0.4 is 0 Å². The lowest BCUT2D eigenvalue weighted by Crippen LogP contribution is -1.93. The van der Waals surface area contributed by atoms with Gasteiger partial charge in [0.1, 0.15) is 0 Å². The average Bonchev–Trinajstić information content (AvgIpc) is 2.14. The van der Waals surface area contributed by atoms with Gasteiger partial charge in [-0.25, -0.2) is 8.78 Å². The van der Waals surface area contributed by atoms with E-state index in [-0.39, 0.29) is 12.8 Å². The van der Waals surface area contributed by atoms with Crippen molar-refractivity contribution in [2.75, 3.05) is 0 Å². The normalized spacial score (nSPS) is 10.9. The van der Waals surface area contributed by atoms with E-state index in [2.05, 4.69) is 0 Å². The predicted molar refractivity (Wildman–Crippen MR) is 55.2 cm³/mol. The monoisotopic (exact) mass is 222 g/mol. The van der Waals surface area contributed by atoms with Gasteiger partial charge in [0.05, 0.1) is 0 Å². The quantitative estimate of drug-likeness (QED) is 0.570. The van der Waals surface area contributed by atoms with Crippen LogP contribution in [0.3, 0.4) is 0 Å². The second-order valence-corrected chi connectivity index (χ2v) is 3.80. The van der Waals surface area contributed by atoms with E-state index < -0.39 is 12.4 Å². The van der Waals surface area contributed by atoms with Crippen molar-refractivity contribution in [3.05, 3.63) is 0 Å². The standard InChI is InChI=1S/C11H20F2O2/c12-10(13)8-6-4-2-1-3-5-7-9-11(14)15/h10H,1-9H2,(H,14,15). The molecule has 15 heavy (non-hydrogen) atoms. The van der Waals surface area contributed by atoms with Crippen LogP contribution in [0.15, 0.2) is 0 Å². The Kier molecular flexibility index (Phi) is 9.43. The van der Waals surface area contributed by atoms with Gasteiger partial charge in [-0.15, -0.1) is 0 Å². The van der Waals surface area contributed by atoms with Gasteiger partial charge in [-0.2, -0.15) is 0 Å². The number of hydrogen-bond acceptors (Lipinski definition) is 1. The van der Waals surface area contributed by atoms with Crippen molar-refractivity contribution < 1.29 is 18.7 Å². The Bertz CT molecular complexity index is 161. The van der Waals surface area contributed by atoms with Gasteiger partial charge in [0.2, 0.25) is 6.43 Å². The maximum Gasteiger partial charge on any atom is 0.303 e. The fourth-order valence-corrected chi connectivity index (χ4v) is 1.46. The van der Waals surface area contributed by atoms with Gasteiger partial charge in [-0.1, -0.05) is 32.1 Å². The second-order valence-electron chi connectivity index (χ2n) is 3.80. The smallest absolute Gasteiger partial charge is 0.303 e. The molecule has 0 spiro atoms. The van der Waals surface area contributed by atoms with Crippen molar-refractivity contribution in [2.45, 2.75) is 64.2 Å². The van der Waals surface area contributed by atoms with Crippen LogP contribution in [0.4, 0.5) is 8.78 Å². The lowest BCUT2D eigenvalue weighted by atomic mass is 10.1. The molecule has 0 saturated heterocycles. The maximum atomic E-state index is 11.7. The average molecular weight is 222 g/mol. The fourth-order valence-electron chi connectivity index (χ4n) is 1.46. The van der Waals surface area contributed by atoms with Crippen molar-refractivity contribution in [1.29, 1.82) is 0 Å². The zero-order valence-electron chi connectivity index (χ0n) is 9.05. The van der Waals surface area contributed by atoms with Crippen LogP contribution >= 0.6 is 0 Å². The minimum Gasteiger partial charge on any atom is -0.481 e.